The van der Waals surface area contributed by atoms with Gasteiger partial charge >= 0.3 is 5.97 Å². The molecular weight excluding hydrogens is 399 g/mol. The highest BCUT2D eigenvalue weighted by atomic mass is 31.2. The molecule has 0 bridgehead atoms. The van der Waals surface area contributed by atoms with Gasteiger partial charge in [0, 0.05) is 5.56 Å². The number of ether oxygens (including phenoxy) is 1. The highest BCUT2D eigenvalue weighted by Crippen LogP contribution is 2.67. The first-order valence-corrected chi connectivity index (χ1v) is 12.4. The van der Waals surface area contributed by atoms with Crippen molar-refractivity contribution >= 4 is 29.1 Å². The minimum absolute atomic E-state index is 0.182. The van der Waals surface area contributed by atoms with Crippen LogP contribution in [0.4, 0.5) is 0 Å². The molecule has 0 saturated carbocycles. The van der Waals surface area contributed by atoms with Crippen LogP contribution in [-0.2, 0) is 9.53 Å². The molecule has 4 aromatic rings. The van der Waals surface area contributed by atoms with E-state index in [0.717, 1.165) is 21.5 Å². The van der Waals surface area contributed by atoms with Crippen molar-refractivity contribution in [2.75, 3.05) is 6.61 Å². The third-order valence-corrected chi connectivity index (χ3v) is 10.1. The Morgan fingerprint density at radius 2 is 1.00 bits per heavy atom. The van der Waals surface area contributed by atoms with Crippen LogP contribution in [0.15, 0.2) is 121 Å². The maximum absolute atomic E-state index is 13.7. The van der Waals surface area contributed by atoms with Gasteiger partial charge in [-0.3, -0.25) is 0 Å². The Kier molecular flexibility index (Phi) is 6.60. The summed E-state index contributed by atoms with van der Waals surface area (Å²) in [6.45, 7) is 2.22. The van der Waals surface area contributed by atoms with Crippen LogP contribution in [0, 0.1) is 0 Å². The Morgan fingerprint density at radius 1 is 0.645 bits per heavy atom. The lowest BCUT2D eigenvalue weighted by molar-refractivity contribution is -0.142. The van der Waals surface area contributed by atoms with E-state index in [0.29, 0.717) is 6.61 Å². The molecule has 0 radical (unpaired) electrons. The molecule has 0 spiro atoms. The van der Waals surface area contributed by atoms with E-state index < -0.39 is 12.9 Å². The zero-order valence-electron chi connectivity index (χ0n) is 17.6. The molecule has 1 atom stereocenters. The Morgan fingerprint density at radius 3 is 1.35 bits per heavy atom. The minimum Gasteiger partial charge on any atom is -0.463 e. The van der Waals surface area contributed by atoms with Crippen molar-refractivity contribution < 1.29 is 9.53 Å². The monoisotopic (exact) mass is 425 g/mol. The van der Waals surface area contributed by atoms with Gasteiger partial charge in [-0.25, -0.2) is 4.79 Å². The molecule has 0 heterocycles. The van der Waals surface area contributed by atoms with Crippen LogP contribution >= 0.6 is 7.26 Å². The summed E-state index contributed by atoms with van der Waals surface area (Å²) in [6.07, 6.45) is 0. The van der Waals surface area contributed by atoms with Crippen molar-refractivity contribution in [3.8, 4) is 0 Å². The molecule has 0 saturated heterocycles. The SMILES string of the molecule is CCOC(=O)[C@H](c1ccccc1)[P+](c1ccccc1)(c1ccccc1)c1ccccc1. The second kappa shape index (κ2) is 9.73. The smallest absolute Gasteiger partial charge is 0.352 e. The van der Waals surface area contributed by atoms with Crippen molar-refractivity contribution in [3.05, 3.63) is 127 Å². The topological polar surface area (TPSA) is 26.3 Å². The standard InChI is InChI=1S/C28H26O2P/c1-2-30-28(29)27(23-15-7-3-8-16-23)31(24-17-9-4-10-18-24,25-19-11-5-12-20-25)26-21-13-6-14-22-26/h3-22,27H,2H2,1H3/q+1/t27-/m0/s1. The Hall–Kier alpha value is -3.22. The molecule has 0 aliphatic carbocycles. The van der Waals surface area contributed by atoms with E-state index in [1.165, 1.54) is 0 Å². The van der Waals surface area contributed by atoms with Gasteiger partial charge in [0.25, 0.3) is 0 Å². The molecule has 154 valence electrons. The summed E-state index contributed by atoms with van der Waals surface area (Å²) in [5.41, 5.74) is 0.534. The van der Waals surface area contributed by atoms with Crippen molar-refractivity contribution in [1.82, 2.24) is 0 Å². The van der Waals surface area contributed by atoms with Crippen LogP contribution in [0.1, 0.15) is 18.1 Å². The zero-order chi connectivity index (χ0) is 21.5. The molecule has 0 amide bonds. The van der Waals surface area contributed by atoms with Crippen molar-refractivity contribution in [1.29, 1.82) is 0 Å². The van der Waals surface area contributed by atoms with Crippen LogP contribution in [0.3, 0.4) is 0 Å². The van der Waals surface area contributed by atoms with Gasteiger partial charge in [-0.1, -0.05) is 84.9 Å². The molecule has 0 unspecified atom stereocenters. The average Bonchev–Trinajstić information content (AvgIpc) is 2.85. The first kappa shape index (κ1) is 21.0. The molecule has 31 heavy (non-hydrogen) atoms. The Labute approximate surface area is 184 Å². The first-order chi connectivity index (χ1) is 15.3. The molecule has 2 nitrogen and oxygen atoms in total. The summed E-state index contributed by atoms with van der Waals surface area (Å²) in [5, 5.41) is 3.48. The highest BCUT2D eigenvalue weighted by Gasteiger charge is 2.57. The number of hydrogen-bond donors (Lipinski definition) is 0. The summed E-state index contributed by atoms with van der Waals surface area (Å²) >= 11 is 0. The lowest BCUT2D eigenvalue weighted by Gasteiger charge is -2.33. The molecule has 0 aliphatic heterocycles. The van der Waals surface area contributed by atoms with E-state index in [9.17, 15) is 4.79 Å². The molecule has 0 aromatic heterocycles. The fourth-order valence-electron chi connectivity index (χ4n) is 4.26. The number of hydrogen-bond acceptors (Lipinski definition) is 2. The normalized spacial score (nSPS) is 12.2. The number of esters is 1. The Bertz CT molecular complexity index is 1000. The van der Waals surface area contributed by atoms with Gasteiger partial charge in [-0.15, -0.1) is 0 Å². The molecule has 0 N–H and O–H groups in total. The van der Waals surface area contributed by atoms with Crippen molar-refractivity contribution in [2.45, 2.75) is 12.6 Å². The van der Waals surface area contributed by atoms with E-state index in [2.05, 4.69) is 72.8 Å². The predicted octanol–water partition coefficient (Wildman–Crippen LogP) is 5.28. The van der Waals surface area contributed by atoms with Gasteiger partial charge in [0.2, 0.25) is 5.66 Å². The number of rotatable bonds is 7. The summed E-state index contributed by atoms with van der Waals surface area (Å²) in [4.78, 5) is 13.7. The molecule has 4 aromatic carbocycles. The van der Waals surface area contributed by atoms with Crippen LogP contribution < -0.4 is 15.9 Å². The zero-order valence-corrected chi connectivity index (χ0v) is 18.5. The largest absolute Gasteiger partial charge is 0.463 e. The molecule has 4 rings (SSSR count). The first-order valence-electron chi connectivity index (χ1n) is 10.6. The predicted molar refractivity (Wildman–Crippen MR) is 131 cm³/mol. The van der Waals surface area contributed by atoms with Crippen molar-refractivity contribution in [2.24, 2.45) is 0 Å². The lowest BCUT2D eigenvalue weighted by atomic mass is 10.1. The average molecular weight is 425 g/mol. The van der Waals surface area contributed by atoms with E-state index in [1.54, 1.807) is 0 Å². The molecular formula is C28H26O2P+. The van der Waals surface area contributed by atoms with Gasteiger partial charge in [0.15, 0.2) is 0 Å². The van der Waals surface area contributed by atoms with Crippen LogP contribution in [0.5, 0.6) is 0 Å². The van der Waals surface area contributed by atoms with Crippen LogP contribution in [-0.4, -0.2) is 12.6 Å². The summed E-state index contributed by atoms with van der Waals surface area (Å²) in [7, 11) is -2.45. The number of benzene rings is 4. The Balaban J connectivity index is 2.13. The van der Waals surface area contributed by atoms with E-state index in [1.807, 2.05) is 55.5 Å². The lowest BCUT2D eigenvalue weighted by Crippen LogP contribution is -2.38. The number of carbonyl (C=O) groups excluding carboxylic acids is 1. The van der Waals surface area contributed by atoms with Crippen LogP contribution in [0.2, 0.25) is 0 Å². The second-order valence-electron chi connectivity index (χ2n) is 7.29. The van der Waals surface area contributed by atoms with E-state index >= 15 is 0 Å². The van der Waals surface area contributed by atoms with Gasteiger partial charge in [0.05, 0.1) is 6.61 Å². The van der Waals surface area contributed by atoms with Gasteiger partial charge in [-0.05, 0) is 43.3 Å². The molecule has 0 aliphatic rings. The maximum Gasteiger partial charge on any atom is 0.352 e. The summed E-state index contributed by atoms with van der Waals surface area (Å²) in [6, 6.07) is 41.4. The van der Waals surface area contributed by atoms with Gasteiger partial charge < -0.3 is 4.74 Å². The molecule has 0 fully saturated rings. The second-order valence-corrected chi connectivity index (χ2v) is 10.8. The van der Waals surface area contributed by atoms with Crippen LogP contribution in [0.25, 0.3) is 0 Å². The third-order valence-electron chi connectivity index (χ3n) is 5.50. The van der Waals surface area contributed by atoms with Gasteiger partial charge in [-0.2, -0.15) is 0 Å². The third kappa shape index (κ3) is 4.04. The quantitative estimate of drug-likeness (QED) is 0.297. The van der Waals surface area contributed by atoms with E-state index in [-0.39, 0.29) is 5.97 Å². The van der Waals surface area contributed by atoms with Gasteiger partial charge in [0.1, 0.15) is 23.2 Å². The summed E-state index contributed by atoms with van der Waals surface area (Å²) in [5.74, 6) is -0.182. The minimum atomic E-state index is -2.45. The fraction of sp³-hybridized carbons (Fsp3) is 0.107. The fourth-order valence-corrected chi connectivity index (χ4v) is 8.98. The maximum atomic E-state index is 13.7. The van der Waals surface area contributed by atoms with E-state index in [4.69, 9.17) is 4.74 Å². The number of carbonyl (C=O) groups is 1. The summed E-state index contributed by atoms with van der Waals surface area (Å²) < 4.78 is 5.72. The molecule has 3 heteroatoms. The highest BCUT2D eigenvalue weighted by molar-refractivity contribution is 7.96. The van der Waals surface area contributed by atoms with Crippen molar-refractivity contribution in [3.63, 3.8) is 0 Å².